The maximum atomic E-state index is 13.3. The number of nitrogens with two attached hydrogens (primary N) is 1. The maximum absolute atomic E-state index is 13.3. The average Bonchev–Trinajstić information content (AvgIpc) is 2.53. The van der Waals surface area contributed by atoms with Crippen LogP contribution in [0.5, 0.6) is 0 Å². The molecule has 3 aromatic rings. The molecular weight excluding hydrogens is 319 g/mol. The SMILES string of the molecule is Cc1cc(-c2nnc(N)nc2-c2ccc(F)cc2)cc(N2CCC2)n1. The zero-order chi connectivity index (χ0) is 17.4. The molecule has 3 heterocycles. The molecule has 2 aromatic heterocycles. The molecular formula is C18H17FN6. The first-order valence-corrected chi connectivity index (χ1v) is 8.10. The zero-order valence-corrected chi connectivity index (χ0v) is 13.8. The van der Waals surface area contributed by atoms with E-state index in [-0.39, 0.29) is 11.8 Å². The van der Waals surface area contributed by atoms with Gasteiger partial charge in [-0.1, -0.05) is 0 Å². The highest BCUT2D eigenvalue weighted by Crippen LogP contribution is 2.31. The van der Waals surface area contributed by atoms with E-state index in [0.717, 1.165) is 35.7 Å². The van der Waals surface area contributed by atoms with Crippen LogP contribution in [-0.4, -0.2) is 33.3 Å². The first-order chi connectivity index (χ1) is 12.1. The summed E-state index contributed by atoms with van der Waals surface area (Å²) in [5.41, 5.74) is 9.41. The number of anilines is 2. The highest BCUT2D eigenvalue weighted by atomic mass is 19.1. The Morgan fingerprint density at radius 1 is 0.960 bits per heavy atom. The van der Waals surface area contributed by atoms with Crippen LogP contribution in [0.25, 0.3) is 22.5 Å². The monoisotopic (exact) mass is 336 g/mol. The van der Waals surface area contributed by atoms with Crippen molar-refractivity contribution in [3.8, 4) is 22.5 Å². The van der Waals surface area contributed by atoms with Gasteiger partial charge in [0.2, 0.25) is 5.95 Å². The van der Waals surface area contributed by atoms with Crippen LogP contribution >= 0.6 is 0 Å². The average molecular weight is 336 g/mol. The highest BCUT2D eigenvalue weighted by molar-refractivity contribution is 5.79. The first-order valence-electron chi connectivity index (χ1n) is 8.10. The summed E-state index contributed by atoms with van der Waals surface area (Å²) in [4.78, 5) is 11.1. The molecule has 7 heteroatoms. The number of rotatable bonds is 3. The van der Waals surface area contributed by atoms with Gasteiger partial charge in [-0.05, 0) is 49.7 Å². The Balaban J connectivity index is 1.85. The van der Waals surface area contributed by atoms with E-state index in [1.807, 2.05) is 19.1 Å². The third kappa shape index (κ3) is 3.00. The molecule has 0 bridgehead atoms. The summed E-state index contributed by atoms with van der Waals surface area (Å²) in [5.74, 6) is 0.696. The van der Waals surface area contributed by atoms with Gasteiger partial charge in [0.25, 0.3) is 0 Å². The summed E-state index contributed by atoms with van der Waals surface area (Å²) < 4.78 is 13.3. The van der Waals surface area contributed by atoms with Crippen LogP contribution < -0.4 is 10.6 Å². The lowest BCUT2D eigenvalue weighted by Gasteiger charge is -2.32. The minimum Gasteiger partial charge on any atom is -0.366 e. The largest absolute Gasteiger partial charge is 0.366 e. The van der Waals surface area contributed by atoms with Gasteiger partial charge in [0.05, 0.1) is 0 Å². The summed E-state index contributed by atoms with van der Waals surface area (Å²) >= 11 is 0. The molecule has 1 fully saturated rings. The summed E-state index contributed by atoms with van der Waals surface area (Å²) in [6, 6.07) is 10.0. The molecule has 0 unspecified atom stereocenters. The second kappa shape index (κ2) is 6.08. The van der Waals surface area contributed by atoms with Crippen LogP contribution in [0.3, 0.4) is 0 Å². The minimum absolute atomic E-state index is 0.0804. The van der Waals surface area contributed by atoms with Crippen molar-refractivity contribution in [3.63, 3.8) is 0 Å². The van der Waals surface area contributed by atoms with E-state index < -0.39 is 0 Å². The van der Waals surface area contributed by atoms with Gasteiger partial charge in [-0.15, -0.1) is 10.2 Å². The summed E-state index contributed by atoms with van der Waals surface area (Å²) in [7, 11) is 0. The molecule has 0 spiro atoms. The fourth-order valence-corrected chi connectivity index (χ4v) is 2.84. The number of hydrogen-bond acceptors (Lipinski definition) is 6. The molecule has 0 atom stereocenters. The van der Waals surface area contributed by atoms with E-state index in [4.69, 9.17) is 5.73 Å². The molecule has 2 N–H and O–H groups in total. The Morgan fingerprint density at radius 2 is 1.72 bits per heavy atom. The number of benzene rings is 1. The van der Waals surface area contributed by atoms with Crippen LogP contribution in [0.15, 0.2) is 36.4 Å². The number of aryl methyl sites for hydroxylation is 1. The molecule has 1 aliphatic heterocycles. The smallest absolute Gasteiger partial charge is 0.240 e. The fourth-order valence-electron chi connectivity index (χ4n) is 2.84. The van der Waals surface area contributed by atoms with E-state index in [1.165, 1.54) is 18.6 Å². The third-order valence-electron chi connectivity index (χ3n) is 4.21. The van der Waals surface area contributed by atoms with Gasteiger partial charge in [-0.2, -0.15) is 0 Å². The Morgan fingerprint density at radius 3 is 2.40 bits per heavy atom. The van der Waals surface area contributed by atoms with E-state index in [2.05, 4.69) is 25.1 Å². The fraction of sp³-hybridized carbons (Fsp3) is 0.222. The molecule has 0 radical (unpaired) electrons. The van der Waals surface area contributed by atoms with Crippen molar-refractivity contribution in [2.45, 2.75) is 13.3 Å². The van der Waals surface area contributed by atoms with Gasteiger partial charge in [0, 0.05) is 29.9 Å². The molecule has 0 amide bonds. The van der Waals surface area contributed by atoms with Crippen LogP contribution in [0.1, 0.15) is 12.1 Å². The molecule has 1 aromatic carbocycles. The number of nitrogens with zero attached hydrogens (tertiary/aromatic N) is 5. The van der Waals surface area contributed by atoms with Crippen molar-refractivity contribution in [3.05, 3.63) is 47.9 Å². The van der Waals surface area contributed by atoms with Crippen LogP contribution in [0, 0.1) is 12.7 Å². The molecule has 1 aliphatic rings. The Kier molecular flexibility index (Phi) is 3.76. The minimum atomic E-state index is -0.305. The standard InChI is InChI=1S/C18H17FN6/c1-11-9-13(10-15(21-11)25-7-2-8-25)17-16(22-18(20)24-23-17)12-3-5-14(19)6-4-12/h3-6,9-10H,2,7-8H2,1H3,(H2,20,22,24). The van der Waals surface area contributed by atoms with Crippen molar-refractivity contribution in [2.75, 3.05) is 23.7 Å². The van der Waals surface area contributed by atoms with E-state index >= 15 is 0 Å². The second-order valence-electron chi connectivity index (χ2n) is 6.07. The van der Waals surface area contributed by atoms with Crippen molar-refractivity contribution < 1.29 is 4.39 Å². The molecule has 4 rings (SSSR count). The molecule has 25 heavy (non-hydrogen) atoms. The summed E-state index contributed by atoms with van der Waals surface area (Å²) in [5, 5.41) is 8.16. The molecule has 6 nitrogen and oxygen atoms in total. The number of hydrogen-bond donors (Lipinski definition) is 1. The number of pyridine rings is 1. The third-order valence-corrected chi connectivity index (χ3v) is 4.21. The number of aromatic nitrogens is 4. The molecule has 126 valence electrons. The van der Waals surface area contributed by atoms with Gasteiger partial charge in [-0.25, -0.2) is 14.4 Å². The Hall–Kier alpha value is -3.09. The van der Waals surface area contributed by atoms with Crippen molar-refractivity contribution >= 4 is 11.8 Å². The lowest BCUT2D eigenvalue weighted by atomic mass is 10.0. The van der Waals surface area contributed by atoms with Gasteiger partial charge >= 0.3 is 0 Å². The van der Waals surface area contributed by atoms with Gasteiger partial charge in [0.1, 0.15) is 23.0 Å². The van der Waals surface area contributed by atoms with Gasteiger partial charge in [0.15, 0.2) is 0 Å². The molecule has 0 aliphatic carbocycles. The molecule has 1 saturated heterocycles. The summed E-state index contributed by atoms with van der Waals surface area (Å²) in [6.07, 6.45) is 1.18. The molecule has 0 saturated carbocycles. The zero-order valence-electron chi connectivity index (χ0n) is 13.8. The summed E-state index contributed by atoms with van der Waals surface area (Å²) in [6.45, 7) is 3.96. The topological polar surface area (TPSA) is 80.8 Å². The van der Waals surface area contributed by atoms with Crippen molar-refractivity contribution in [1.29, 1.82) is 0 Å². The lowest BCUT2D eigenvalue weighted by Crippen LogP contribution is -2.37. The van der Waals surface area contributed by atoms with Crippen LogP contribution in [-0.2, 0) is 0 Å². The van der Waals surface area contributed by atoms with Gasteiger partial charge < -0.3 is 10.6 Å². The Bertz CT molecular complexity index is 921. The van der Waals surface area contributed by atoms with E-state index in [0.29, 0.717) is 11.4 Å². The van der Waals surface area contributed by atoms with E-state index in [9.17, 15) is 4.39 Å². The predicted octanol–water partition coefficient (Wildman–Crippen LogP) is 2.84. The van der Waals surface area contributed by atoms with Crippen LogP contribution in [0.4, 0.5) is 16.2 Å². The number of nitrogen functional groups attached to an aromatic ring is 1. The first kappa shape index (κ1) is 15.4. The highest BCUT2D eigenvalue weighted by Gasteiger charge is 2.19. The van der Waals surface area contributed by atoms with E-state index in [1.54, 1.807) is 12.1 Å². The quantitative estimate of drug-likeness (QED) is 0.792. The second-order valence-corrected chi connectivity index (χ2v) is 6.07. The van der Waals surface area contributed by atoms with Crippen molar-refractivity contribution in [1.82, 2.24) is 20.2 Å². The lowest BCUT2D eigenvalue weighted by molar-refractivity contribution is 0.609. The van der Waals surface area contributed by atoms with Gasteiger partial charge in [-0.3, -0.25) is 0 Å². The predicted molar refractivity (Wildman–Crippen MR) is 94.4 cm³/mol. The maximum Gasteiger partial charge on any atom is 0.240 e. The van der Waals surface area contributed by atoms with Crippen molar-refractivity contribution in [2.24, 2.45) is 0 Å². The number of halogens is 1. The van der Waals surface area contributed by atoms with Crippen LogP contribution in [0.2, 0.25) is 0 Å². The Labute approximate surface area is 144 Å². The normalized spacial score (nSPS) is 13.6.